The highest BCUT2D eigenvalue weighted by Gasteiger charge is 2.14. The average Bonchev–Trinajstić information content (AvgIpc) is 3.02. The van der Waals surface area contributed by atoms with E-state index in [1.54, 1.807) is 0 Å². The van der Waals surface area contributed by atoms with Crippen molar-refractivity contribution in [3.05, 3.63) is 47.3 Å². The van der Waals surface area contributed by atoms with E-state index in [0.29, 0.717) is 12.5 Å². The molecule has 2 aromatic heterocycles. The topological polar surface area (TPSA) is 63.1 Å². The predicted octanol–water partition coefficient (Wildman–Crippen LogP) is 2.76. The van der Waals surface area contributed by atoms with Crippen LogP contribution in [0.15, 0.2) is 34.7 Å². The summed E-state index contributed by atoms with van der Waals surface area (Å²) >= 11 is 0. The van der Waals surface area contributed by atoms with Crippen molar-refractivity contribution in [1.29, 1.82) is 0 Å². The summed E-state index contributed by atoms with van der Waals surface area (Å²) in [4.78, 5) is 0. The minimum absolute atomic E-state index is 0.371. The third kappa shape index (κ3) is 2.40. The van der Waals surface area contributed by atoms with E-state index in [-0.39, 0.29) is 0 Å². The molecule has 0 saturated carbocycles. The van der Waals surface area contributed by atoms with Gasteiger partial charge in [0.2, 0.25) is 5.88 Å². The number of hydrogen-bond acceptors (Lipinski definition) is 4. The first-order valence-corrected chi connectivity index (χ1v) is 6.56. The Labute approximate surface area is 116 Å². The molecule has 0 aliphatic rings. The molecule has 0 spiro atoms. The van der Waals surface area contributed by atoms with Gasteiger partial charge in [0.25, 0.3) is 0 Å². The SMILES string of the molecule is CNCc1c(COc2cc(C)[nH]n2)oc2ccccc12. The van der Waals surface area contributed by atoms with Gasteiger partial charge in [0, 0.05) is 29.3 Å². The summed E-state index contributed by atoms with van der Waals surface area (Å²) in [5, 5.41) is 11.2. The number of nitrogens with one attached hydrogen (secondary N) is 2. The maximum atomic E-state index is 5.88. The summed E-state index contributed by atoms with van der Waals surface area (Å²) in [6.45, 7) is 3.05. The molecule has 0 amide bonds. The standard InChI is InChI=1S/C15H17N3O2/c1-10-7-15(18-17-10)19-9-14-12(8-16-2)11-5-3-4-6-13(11)20-14/h3-7,16H,8-9H2,1-2H3,(H,17,18). The van der Waals surface area contributed by atoms with Gasteiger partial charge in [-0.3, -0.25) is 5.10 Å². The van der Waals surface area contributed by atoms with Gasteiger partial charge in [-0.15, -0.1) is 5.10 Å². The van der Waals surface area contributed by atoms with Crippen LogP contribution in [-0.2, 0) is 13.2 Å². The van der Waals surface area contributed by atoms with E-state index in [4.69, 9.17) is 9.15 Å². The van der Waals surface area contributed by atoms with Crippen molar-refractivity contribution in [2.24, 2.45) is 0 Å². The molecule has 1 aromatic carbocycles. The molecule has 3 aromatic rings. The molecule has 0 unspecified atom stereocenters. The van der Waals surface area contributed by atoms with Crippen LogP contribution in [0.2, 0.25) is 0 Å². The van der Waals surface area contributed by atoms with Crippen LogP contribution in [0.5, 0.6) is 5.88 Å². The van der Waals surface area contributed by atoms with Crippen LogP contribution in [0.1, 0.15) is 17.0 Å². The number of furan rings is 1. The van der Waals surface area contributed by atoms with Crippen molar-refractivity contribution in [3.63, 3.8) is 0 Å². The summed E-state index contributed by atoms with van der Waals surface area (Å²) in [6.07, 6.45) is 0. The molecule has 0 radical (unpaired) electrons. The Morgan fingerprint density at radius 1 is 1.35 bits per heavy atom. The minimum Gasteiger partial charge on any atom is -0.468 e. The summed E-state index contributed by atoms with van der Waals surface area (Å²) in [7, 11) is 1.92. The molecule has 20 heavy (non-hydrogen) atoms. The maximum Gasteiger partial charge on any atom is 0.233 e. The highest BCUT2D eigenvalue weighted by molar-refractivity contribution is 5.82. The Morgan fingerprint density at radius 3 is 2.95 bits per heavy atom. The van der Waals surface area contributed by atoms with Gasteiger partial charge in [0.05, 0.1) is 0 Å². The van der Waals surface area contributed by atoms with Crippen LogP contribution in [-0.4, -0.2) is 17.2 Å². The lowest BCUT2D eigenvalue weighted by atomic mass is 10.1. The number of para-hydroxylation sites is 1. The molecule has 2 heterocycles. The van der Waals surface area contributed by atoms with E-state index in [1.165, 1.54) is 0 Å². The van der Waals surface area contributed by atoms with Crippen molar-refractivity contribution >= 4 is 11.0 Å². The summed E-state index contributed by atoms with van der Waals surface area (Å²) < 4.78 is 11.5. The molecule has 3 rings (SSSR count). The molecule has 104 valence electrons. The number of benzene rings is 1. The Hall–Kier alpha value is -2.27. The van der Waals surface area contributed by atoms with E-state index >= 15 is 0 Å². The smallest absolute Gasteiger partial charge is 0.233 e. The molecular formula is C15H17N3O2. The van der Waals surface area contributed by atoms with Crippen LogP contribution in [0.25, 0.3) is 11.0 Å². The highest BCUT2D eigenvalue weighted by Crippen LogP contribution is 2.26. The fourth-order valence-electron chi connectivity index (χ4n) is 2.24. The van der Waals surface area contributed by atoms with E-state index in [0.717, 1.165) is 34.5 Å². The van der Waals surface area contributed by atoms with Gasteiger partial charge in [-0.1, -0.05) is 18.2 Å². The Bertz CT molecular complexity index is 715. The van der Waals surface area contributed by atoms with Crippen molar-refractivity contribution in [2.75, 3.05) is 7.05 Å². The molecule has 2 N–H and O–H groups in total. The Kier molecular flexibility index (Phi) is 3.43. The van der Waals surface area contributed by atoms with Gasteiger partial charge in [0.1, 0.15) is 18.0 Å². The highest BCUT2D eigenvalue weighted by atomic mass is 16.5. The normalized spacial score (nSPS) is 11.1. The lowest BCUT2D eigenvalue weighted by Gasteiger charge is -2.03. The van der Waals surface area contributed by atoms with Crippen LogP contribution in [0.4, 0.5) is 0 Å². The Morgan fingerprint density at radius 2 is 2.20 bits per heavy atom. The van der Waals surface area contributed by atoms with Gasteiger partial charge in [0.15, 0.2) is 0 Å². The molecule has 0 atom stereocenters. The monoisotopic (exact) mass is 271 g/mol. The number of aromatic amines is 1. The fraction of sp³-hybridized carbons (Fsp3) is 0.267. The van der Waals surface area contributed by atoms with E-state index in [2.05, 4.69) is 21.6 Å². The lowest BCUT2D eigenvalue weighted by molar-refractivity contribution is 0.262. The van der Waals surface area contributed by atoms with Crippen LogP contribution in [0.3, 0.4) is 0 Å². The third-order valence-electron chi connectivity index (χ3n) is 3.17. The molecule has 0 saturated heterocycles. The first kappa shape index (κ1) is 12.7. The summed E-state index contributed by atoms with van der Waals surface area (Å²) in [5.74, 6) is 1.42. The second-order valence-corrected chi connectivity index (χ2v) is 4.71. The van der Waals surface area contributed by atoms with Crippen molar-refractivity contribution in [3.8, 4) is 5.88 Å². The van der Waals surface area contributed by atoms with Crippen molar-refractivity contribution < 1.29 is 9.15 Å². The van der Waals surface area contributed by atoms with Crippen molar-refractivity contribution in [2.45, 2.75) is 20.1 Å². The minimum atomic E-state index is 0.371. The van der Waals surface area contributed by atoms with Crippen molar-refractivity contribution in [1.82, 2.24) is 15.5 Å². The van der Waals surface area contributed by atoms with Gasteiger partial charge in [-0.05, 0) is 20.0 Å². The van der Waals surface area contributed by atoms with E-state index in [1.807, 2.05) is 38.2 Å². The number of aromatic nitrogens is 2. The van der Waals surface area contributed by atoms with E-state index < -0.39 is 0 Å². The predicted molar refractivity (Wildman–Crippen MR) is 76.6 cm³/mol. The number of aryl methyl sites for hydroxylation is 1. The average molecular weight is 271 g/mol. The number of rotatable bonds is 5. The number of hydrogen-bond donors (Lipinski definition) is 2. The zero-order valence-electron chi connectivity index (χ0n) is 11.6. The lowest BCUT2D eigenvalue weighted by Crippen LogP contribution is -2.07. The molecule has 5 heteroatoms. The number of nitrogens with zero attached hydrogens (tertiary/aromatic N) is 1. The quantitative estimate of drug-likeness (QED) is 0.749. The van der Waals surface area contributed by atoms with Crippen LogP contribution < -0.4 is 10.1 Å². The first-order chi connectivity index (χ1) is 9.78. The molecule has 0 aliphatic heterocycles. The van der Waals surface area contributed by atoms with Gasteiger partial charge < -0.3 is 14.5 Å². The van der Waals surface area contributed by atoms with Crippen LogP contribution in [0, 0.1) is 6.92 Å². The largest absolute Gasteiger partial charge is 0.468 e. The van der Waals surface area contributed by atoms with E-state index in [9.17, 15) is 0 Å². The molecule has 0 bridgehead atoms. The summed E-state index contributed by atoms with van der Waals surface area (Å²) in [5.41, 5.74) is 2.99. The Balaban J connectivity index is 1.87. The third-order valence-corrected chi connectivity index (χ3v) is 3.17. The zero-order chi connectivity index (χ0) is 13.9. The summed E-state index contributed by atoms with van der Waals surface area (Å²) in [6, 6.07) is 9.88. The van der Waals surface area contributed by atoms with Gasteiger partial charge >= 0.3 is 0 Å². The second-order valence-electron chi connectivity index (χ2n) is 4.71. The van der Waals surface area contributed by atoms with Gasteiger partial charge in [-0.25, -0.2) is 0 Å². The zero-order valence-corrected chi connectivity index (χ0v) is 11.6. The number of ether oxygens (including phenoxy) is 1. The maximum absolute atomic E-state index is 5.88. The number of fused-ring (bicyclic) bond motifs is 1. The molecule has 0 aliphatic carbocycles. The van der Waals surface area contributed by atoms with Crippen LogP contribution >= 0.6 is 0 Å². The van der Waals surface area contributed by atoms with Gasteiger partial charge in [-0.2, -0.15) is 0 Å². The first-order valence-electron chi connectivity index (χ1n) is 6.56. The molecular weight excluding hydrogens is 254 g/mol. The molecule has 5 nitrogen and oxygen atoms in total. The number of H-pyrrole nitrogens is 1. The fourth-order valence-corrected chi connectivity index (χ4v) is 2.24. The second kappa shape index (κ2) is 5.38. The molecule has 0 fully saturated rings.